The minimum Gasteiger partial charge on any atom is -0.490 e. The van der Waals surface area contributed by atoms with Crippen LogP contribution in [-0.4, -0.2) is 37.5 Å². The molecule has 0 bridgehead atoms. The molecule has 0 spiro atoms. The highest BCUT2D eigenvalue weighted by Gasteiger charge is 2.24. The van der Waals surface area contributed by atoms with E-state index < -0.39 is 6.10 Å². The van der Waals surface area contributed by atoms with Crippen LogP contribution in [0.5, 0.6) is 5.75 Å². The zero-order valence-electron chi connectivity index (χ0n) is 16.1. The van der Waals surface area contributed by atoms with Crippen LogP contribution in [0.15, 0.2) is 48.5 Å². The largest absolute Gasteiger partial charge is 0.490 e. The van der Waals surface area contributed by atoms with E-state index in [1.54, 1.807) is 0 Å². The van der Waals surface area contributed by atoms with Gasteiger partial charge in [-0.05, 0) is 56.2 Å². The van der Waals surface area contributed by atoms with Crippen molar-refractivity contribution in [3.8, 4) is 5.75 Å². The minimum atomic E-state index is -0.406. The molecule has 3 rings (SSSR count). The number of aliphatic hydroxyl groups is 1. The van der Waals surface area contributed by atoms with Crippen molar-refractivity contribution < 1.29 is 14.7 Å². The molecule has 26 heavy (non-hydrogen) atoms. The molecule has 1 atom stereocenters. The van der Waals surface area contributed by atoms with Crippen LogP contribution in [-0.2, 0) is 6.42 Å². The Morgan fingerprint density at radius 1 is 1.08 bits per heavy atom. The number of likely N-dealkylation sites (tertiary alicyclic amines) is 1. The Bertz CT molecular complexity index is 678. The van der Waals surface area contributed by atoms with Gasteiger partial charge in [-0.3, -0.25) is 0 Å². The van der Waals surface area contributed by atoms with Crippen molar-refractivity contribution in [3.63, 3.8) is 0 Å². The number of hydrogen-bond acceptors (Lipinski definition) is 2. The van der Waals surface area contributed by atoms with Gasteiger partial charge in [0.2, 0.25) is 0 Å². The lowest BCUT2D eigenvalue weighted by Crippen LogP contribution is -3.14. The first-order valence-corrected chi connectivity index (χ1v) is 9.86. The molecule has 1 saturated heterocycles. The molecule has 3 nitrogen and oxygen atoms in total. The van der Waals surface area contributed by atoms with Crippen molar-refractivity contribution in [2.24, 2.45) is 5.92 Å². The van der Waals surface area contributed by atoms with Gasteiger partial charge in [0.1, 0.15) is 25.0 Å². The molecule has 1 heterocycles. The van der Waals surface area contributed by atoms with E-state index in [4.69, 9.17) is 4.74 Å². The summed E-state index contributed by atoms with van der Waals surface area (Å²) in [5.74, 6) is 1.66. The Balaban J connectivity index is 1.38. The number of aliphatic hydroxyl groups excluding tert-OH is 1. The molecule has 0 radical (unpaired) electrons. The summed E-state index contributed by atoms with van der Waals surface area (Å²) < 4.78 is 5.83. The molecule has 2 aromatic carbocycles. The second kappa shape index (κ2) is 9.20. The van der Waals surface area contributed by atoms with E-state index in [0.29, 0.717) is 6.61 Å². The van der Waals surface area contributed by atoms with E-state index in [-0.39, 0.29) is 0 Å². The van der Waals surface area contributed by atoms with E-state index >= 15 is 0 Å². The molecule has 3 heteroatoms. The number of ether oxygens (including phenoxy) is 1. The van der Waals surface area contributed by atoms with Crippen LogP contribution in [0, 0.1) is 19.8 Å². The Morgan fingerprint density at radius 2 is 1.81 bits per heavy atom. The third kappa shape index (κ3) is 5.58. The lowest BCUT2D eigenvalue weighted by Gasteiger charge is -2.30. The number of rotatable bonds is 7. The Labute approximate surface area is 157 Å². The normalized spacial score (nSPS) is 21.3. The van der Waals surface area contributed by atoms with Crippen molar-refractivity contribution in [3.05, 3.63) is 65.2 Å². The summed E-state index contributed by atoms with van der Waals surface area (Å²) in [7, 11) is 0. The van der Waals surface area contributed by atoms with Gasteiger partial charge >= 0.3 is 0 Å². The van der Waals surface area contributed by atoms with Crippen LogP contribution in [0.25, 0.3) is 0 Å². The van der Waals surface area contributed by atoms with Gasteiger partial charge in [-0.15, -0.1) is 0 Å². The van der Waals surface area contributed by atoms with Crippen molar-refractivity contribution in [2.45, 2.75) is 39.2 Å². The first-order valence-electron chi connectivity index (χ1n) is 9.86. The van der Waals surface area contributed by atoms with Gasteiger partial charge in [0, 0.05) is 0 Å². The predicted molar refractivity (Wildman–Crippen MR) is 106 cm³/mol. The molecule has 140 valence electrons. The van der Waals surface area contributed by atoms with Gasteiger partial charge in [-0.25, -0.2) is 0 Å². The maximum atomic E-state index is 10.4. The monoisotopic (exact) mass is 354 g/mol. The first-order chi connectivity index (χ1) is 12.6. The van der Waals surface area contributed by atoms with Crippen LogP contribution >= 0.6 is 0 Å². The van der Waals surface area contributed by atoms with Crippen molar-refractivity contribution in [1.29, 1.82) is 0 Å². The van der Waals surface area contributed by atoms with Crippen LogP contribution in [0.4, 0.5) is 0 Å². The highest BCUT2D eigenvalue weighted by atomic mass is 16.5. The molecule has 0 saturated carbocycles. The summed E-state index contributed by atoms with van der Waals surface area (Å²) in [5, 5.41) is 10.4. The fourth-order valence-corrected chi connectivity index (χ4v) is 3.98. The molecule has 2 aromatic rings. The smallest absolute Gasteiger partial charge is 0.137 e. The lowest BCUT2D eigenvalue weighted by atomic mass is 9.90. The van der Waals surface area contributed by atoms with Crippen LogP contribution in [0.1, 0.15) is 29.5 Å². The van der Waals surface area contributed by atoms with Crippen LogP contribution < -0.4 is 9.64 Å². The molecule has 0 amide bonds. The second-order valence-electron chi connectivity index (χ2n) is 7.82. The van der Waals surface area contributed by atoms with Gasteiger partial charge < -0.3 is 14.7 Å². The van der Waals surface area contributed by atoms with Gasteiger partial charge in [0.05, 0.1) is 13.1 Å². The third-order valence-corrected chi connectivity index (χ3v) is 5.47. The fraction of sp³-hybridized carbons (Fsp3) is 0.478. The van der Waals surface area contributed by atoms with E-state index in [0.717, 1.165) is 36.9 Å². The lowest BCUT2D eigenvalue weighted by molar-refractivity contribution is -0.909. The van der Waals surface area contributed by atoms with Crippen molar-refractivity contribution >= 4 is 0 Å². The Morgan fingerprint density at radius 3 is 2.50 bits per heavy atom. The van der Waals surface area contributed by atoms with Crippen LogP contribution in [0.2, 0.25) is 0 Å². The summed E-state index contributed by atoms with van der Waals surface area (Å²) in [6.45, 7) is 7.59. The second-order valence-corrected chi connectivity index (χ2v) is 7.82. The van der Waals surface area contributed by atoms with Gasteiger partial charge in [-0.2, -0.15) is 0 Å². The molecule has 0 aliphatic carbocycles. The summed E-state index contributed by atoms with van der Waals surface area (Å²) in [4.78, 5) is 1.51. The van der Waals surface area contributed by atoms with Crippen LogP contribution in [0.3, 0.4) is 0 Å². The Hall–Kier alpha value is -1.84. The highest BCUT2D eigenvalue weighted by molar-refractivity contribution is 5.35. The maximum Gasteiger partial charge on any atom is 0.137 e. The van der Waals surface area contributed by atoms with Crippen molar-refractivity contribution in [1.82, 2.24) is 0 Å². The summed E-state index contributed by atoms with van der Waals surface area (Å²) in [6, 6.07) is 17.0. The fourth-order valence-electron chi connectivity index (χ4n) is 3.98. The number of quaternary nitrogens is 1. The maximum absolute atomic E-state index is 10.4. The molecule has 0 aromatic heterocycles. The third-order valence-electron chi connectivity index (χ3n) is 5.47. The molecular weight excluding hydrogens is 322 g/mol. The molecular formula is C23H32NO2+. The van der Waals surface area contributed by atoms with E-state index in [1.807, 2.05) is 6.07 Å². The first kappa shape index (κ1) is 18.9. The number of aryl methyl sites for hydroxylation is 2. The summed E-state index contributed by atoms with van der Waals surface area (Å²) >= 11 is 0. The van der Waals surface area contributed by atoms with Gasteiger partial charge in [-0.1, -0.05) is 48.0 Å². The SMILES string of the molecule is Cc1ccc(OC[C@H](O)C[NH+]2CCC(Cc3ccccc3)CC2)c(C)c1. The molecule has 1 aliphatic heterocycles. The standard InChI is InChI=1S/C23H31NO2/c1-18-8-9-23(19(2)14-18)26-17-22(25)16-24-12-10-21(11-13-24)15-20-6-4-3-5-7-20/h3-9,14,21-22,25H,10-13,15-17H2,1-2H3/p+1/t22-/m1/s1. The predicted octanol–water partition coefficient (Wildman–Crippen LogP) is 2.58. The average molecular weight is 355 g/mol. The summed E-state index contributed by atoms with van der Waals surface area (Å²) in [5.41, 5.74) is 3.81. The molecule has 2 N–H and O–H groups in total. The quantitative estimate of drug-likeness (QED) is 0.801. The Kier molecular flexibility index (Phi) is 6.70. The molecule has 1 fully saturated rings. The van der Waals surface area contributed by atoms with Crippen molar-refractivity contribution in [2.75, 3.05) is 26.2 Å². The number of nitrogens with one attached hydrogen (secondary N) is 1. The van der Waals surface area contributed by atoms with Gasteiger partial charge in [0.15, 0.2) is 0 Å². The number of hydrogen-bond donors (Lipinski definition) is 2. The van der Waals surface area contributed by atoms with Gasteiger partial charge in [0.25, 0.3) is 0 Å². The average Bonchev–Trinajstić information content (AvgIpc) is 2.63. The molecule has 1 aliphatic rings. The summed E-state index contributed by atoms with van der Waals surface area (Å²) in [6.07, 6.45) is 3.27. The topological polar surface area (TPSA) is 33.9 Å². The van der Waals surface area contributed by atoms with E-state index in [9.17, 15) is 5.11 Å². The van der Waals surface area contributed by atoms with E-state index in [1.165, 1.54) is 35.3 Å². The number of piperidine rings is 1. The minimum absolute atomic E-state index is 0.376. The molecule has 0 unspecified atom stereocenters. The highest BCUT2D eigenvalue weighted by Crippen LogP contribution is 2.19. The zero-order chi connectivity index (χ0) is 18.4. The van der Waals surface area contributed by atoms with E-state index in [2.05, 4.69) is 56.3 Å². The zero-order valence-corrected chi connectivity index (χ0v) is 16.1. The number of benzene rings is 2.